The van der Waals surface area contributed by atoms with Crippen LogP contribution in [-0.4, -0.2) is 31.9 Å². The fourth-order valence-electron chi connectivity index (χ4n) is 2.15. The smallest absolute Gasteiger partial charge is 0.257 e. The first kappa shape index (κ1) is 14.6. The maximum Gasteiger partial charge on any atom is 0.257 e. The van der Waals surface area contributed by atoms with Crippen molar-refractivity contribution in [2.24, 2.45) is 0 Å². The van der Waals surface area contributed by atoms with Crippen molar-refractivity contribution in [3.05, 3.63) is 66.0 Å². The molecule has 0 unspecified atom stereocenters. The maximum absolute atomic E-state index is 12.5. The van der Waals surface area contributed by atoms with Crippen molar-refractivity contribution in [2.75, 3.05) is 5.32 Å². The molecule has 0 bridgehead atoms. The van der Waals surface area contributed by atoms with Gasteiger partial charge in [-0.15, -0.1) is 5.10 Å². The molecular weight excluding hydrogens is 294 g/mol. The lowest BCUT2D eigenvalue weighted by Crippen LogP contribution is -2.15. The number of para-hydroxylation sites is 1. The SMILES string of the molecule is CC(=O)c1cccc(NC(=O)c2ccccc2-n2cnnn2)c1. The van der Waals surface area contributed by atoms with Crippen molar-refractivity contribution in [3.8, 4) is 5.69 Å². The Hall–Kier alpha value is -3.35. The summed E-state index contributed by atoms with van der Waals surface area (Å²) in [6.45, 7) is 1.48. The third-order valence-corrected chi connectivity index (χ3v) is 3.27. The lowest BCUT2D eigenvalue weighted by atomic mass is 10.1. The van der Waals surface area contributed by atoms with Gasteiger partial charge < -0.3 is 5.32 Å². The molecule has 3 rings (SSSR count). The molecule has 0 atom stereocenters. The molecular formula is C16H13N5O2. The van der Waals surface area contributed by atoms with Crippen LogP contribution in [0.5, 0.6) is 0 Å². The fraction of sp³-hybridized carbons (Fsp3) is 0.0625. The van der Waals surface area contributed by atoms with Gasteiger partial charge in [0.2, 0.25) is 0 Å². The molecule has 3 aromatic rings. The molecule has 0 aliphatic carbocycles. The molecule has 23 heavy (non-hydrogen) atoms. The zero-order chi connectivity index (χ0) is 16.2. The van der Waals surface area contributed by atoms with Crippen LogP contribution in [0.1, 0.15) is 27.6 Å². The van der Waals surface area contributed by atoms with Crippen molar-refractivity contribution >= 4 is 17.4 Å². The summed E-state index contributed by atoms with van der Waals surface area (Å²) in [4.78, 5) is 24.0. The molecule has 7 heteroatoms. The van der Waals surface area contributed by atoms with E-state index in [-0.39, 0.29) is 11.7 Å². The number of hydrogen-bond donors (Lipinski definition) is 1. The van der Waals surface area contributed by atoms with Crippen LogP contribution in [0.3, 0.4) is 0 Å². The van der Waals surface area contributed by atoms with E-state index >= 15 is 0 Å². The Balaban J connectivity index is 1.90. The van der Waals surface area contributed by atoms with E-state index in [1.807, 2.05) is 0 Å². The second-order valence-electron chi connectivity index (χ2n) is 4.86. The van der Waals surface area contributed by atoms with Gasteiger partial charge in [0.1, 0.15) is 6.33 Å². The van der Waals surface area contributed by atoms with E-state index in [9.17, 15) is 9.59 Å². The van der Waals surface area contributed by atoms with Crippen LogP contribution in [0.25, 0.3) is 5.69 Å². The number of anilines is 1. The van der Waals surface area contributed by atoms with Crippen LogP contribution < -0.4 is 5.32 Å². The van der Waals surface area contributed by atoms with E-state index in [0.29, 0.717) is 22.5 Å². The molecule has 1 N–H and O–H groups in total. The summed E-state index contributed by atoms with van der Waals surface area (Å²) in [5.74, 6) is -0.369. The number of Topliss-reactive ketones (excluding diaryl/α,β-unsaturated/α-hetero) is 1. The largest absolute Gasteiger partial charge is 0.322 e. The number of hydrogen-bond acceptors (Lipinski definition) is 5. The number of ketones is 1. The molecule has 2 aromatic carbocycles. The topological polar surface area (TPSA) is 89.8 Å². The molecule has 0 aliphatic rings. The van der Waals surface area contributed by atoms with E-state index in [1.54, 1.807) is 48.5 Å². The molecule has 0 saturated carbocycles. The van der Waals surface area contributed by atoms with Gasteiger partial charge in [-0.25, -0.2) is 0 Å². The van der Waals surface area contributed by atoms with Gasteiger partial charge in [-0.2, -0.15) is 4.68 Å². The lowest BCUT2D eigenvalue weighted by Gasteiger charge is -2.10. The van der Waals surface area contributed by atoms with Gasteiger partial charge in [-0.1, -0.05) is 24.3 Å². The van der Waals surface area contributed by atoms with Gasteiger partial charge in [0, 0.05) is 11.3 Å². The first-order valence-electron chi connectivity index (χ1n) is 6.90. The summed E-state index contributed by atoms with van der Waals surface area (Å²) in [6.07, 6.45) is 1.42. The van der Waals surface area contributed by atoms with Crippen molar-refractivity contribution in [3.63, 3.8) is 0 Å². The Kier molecular flexibility index (Phi) is 3.92. The van der Waals surface area contributed by atoms with Gasteiger partial charge in [0.15, 0.2) is 5.78 Å². The highest BCUT2D eigenvalue weighted by atomic mass is 16.1. The van der Waals surface area contributed by atoms with E-state index in [0.717, 1.165) is 0 Å². The minimum Gasteiger partial charge on any atom is -0.322 e. The summed E-state index contributed by atoms with van der Waals surface area (Å²) in [6, 6.07) is 13.8. The van der Waals surface area contributed by atoms with Crippen LogP contribution in [0.15, 0.2) is 54.9 Å². The molecule has 0 saturated heterocycles. The quantitative estimate of drug-likeness (QED) is 0.746. The Bertz CT molecular complexity index is 858. The van der Waals surface area contributed by atoms with E-state index < -0.39 is 0 Å². The predicted octanol–water partition coefficient (Wildman–Crippen LogP) is 2.12. The Morgan fingerprint density at radius 1 is 1.09 bits per heavy atom. The van der Waals surface area contributed by atoms with Crippen molar-refractivity contribution in [1.29, 1.82) is 0 Å². The van der Waals surface area contributed by atoms with Crippen molar-refractivity contribution in [1.82, 2.24) is 20.2 Å². The standard InChI is InChI=1S/C16H13N5O2/c1-11(22)12-5-4-6-13(9-12)18-16(23)14-7-2-3-8-15(14)21-10-17-19-20-21/h2-10H,1H3,(H,18,23). The Labute approximate surface area is 131 Å². The summed E-state index contributed by atoms with van der Waals surface area (Å²) in [5, 5.41) is 13.7. The molecule has 1 amide bonds. The van der Waals surface area contributed by atoms with Crippen LogP contribution in [-0.2, 0) is 0 Å². The van der Waals surface area contributed by atoms with E-state index in [4.69, 9.17) is 0 Å². The van der Waals surface area contributed by atoms with Crippen molar-refractivity contribution in [2.45, 2.75) is 6.92 Å². The average Bonchev–Trinajstić information content (AvgIpc) is 3.09. The molecule has 0 radical (unpaired) electrons. The minimum atomic E-state index is -0.309. The number of nitrogens with one attached hydrogen (secondary N) is 1. The van der Waals surface area contributed by atoms with Gasteiger partial charge in [0.25, 0.3) is 5.91 Å². The summed E-state index contributed by atoms with van der Waals surface area (Å²) in [5.41, 5.74) is 2.08. The van der Waals surface area contributed by atoms with Gasteiger partial charge in [-0.05, 0) is 41.6 Å². The number of benzene rings is 2. The van der Waals surface area contributed by atoms with Crippen molar-refractivity contribution < 1.29 is 9.59 Å². The second kappa shape index (κ2) is 6.18. The zero-order valence-electron chi connectivity index (χ0n) is 12.3. The zero-order valence-corrected chi connectivity index (χ0v) is 12.3. The highest BCUT2D eigenvalue weighted by Gasteiger charge is 2.13. The molecule has 1 heterocycles. The summed E-state index contributed by atoms with van der Waals surface area (Å²) < 4.78 is 1.42. The first-order valence-corrected chi connectivity index (χ1v) is 6.90. The number of rotatable bonds is 4. The second-order valence-corrected chi connectivity index (χ2v) is 4.86. The Morgan fingerprint density at radius 3 is 2.65 bits per heavy atom. The van der Waals surface area contributed by atoms with Crippen LogP contribution in [0.2, 0.25) is 0 Å². The third kappa shape index (κ3) is 3.13. The predicted molar refractivity (Wildman–Crippen MR) is 83.6 cm³/mol. The van der Waals surface area contributed by atoms with Crippen LogP contribution in [0, 0.1) is 0 Å². The average molecular weight is 307 g/mol. The minimum absolute atomic E-state index is 0.0600. The van der Waals surface area contributed by atoms with E-state index in [1.165, 1.54) is 17.9 Å². The van der Waals surface area contributed by atoms with Crippen LogP contribution >= 0.6 is 0 Å². The first-order chi connectivity index (χ1) is 11.1. The molecule has 0 spiro atoms. The molecule has 1 aromatic heterocycles. The normalized spacial score (nSPS) is 10.3. The molecule has 7 nitrogen and oxygen atoms in total. The fourth-order valence-corrected chi connectivity index (χ4v) is 2.15. The highest BCUT2D eigenvalue weighted by molar-refractivity contribution is 6.07. The number of carbonyl (C=O) groups is 2. The van der Waals surface area contributed by atoms with Crippen LogP contribution in [0.4, 0.5) is 5.69 Å². The number of aromatic nitrogens is 4. The highest BCUT2D eigenvalue weighted by Crippen LogP contribution is 2.17. The monoisotopic (exact) mass is 307 g/mol. The third-order valence-electron chi connectivity index (χ3n) is 3.27. The number of tetrazole rings is 1. The van der Waals surface area contributed by atoms with Gasteiger partial charge in [-0.3, -0.25) is 9.59 Å². The number of amides is 1. The van der Waals surface area contributed by atoms with E-state index in [2.05, 4.69) is 20.8 Å². The van der Waals surface area contributed by atoms with Gasteiger partial charge >= 0.3 is 0 Å². The summed E-state index contributed by atoms with van der Waals surface area (Å²) >= 11 is 0. The number of nitrogens with zero attached hydrogens (tertiary/aromatic N) is 4. The molecule has 0 fully saturated rings. The number of carbonyl (C=O) groups excluding carboxylic acids is 2. The Morgan fingerprint density at radius 2 is 1.91 bits per heavy atom. The van der Waals surface area contributed by atoms with Gasteiger partial charge in [0.05, 0.1) is 11.3 Å². The lowest BCUT2D eigenvalue weighted by molar-refractivity contribution is 0.101. The summed E-state index contributed by atoms with van der Waals surface area (Å²) in [7, 11) is 0. The maximum atomic E-state index is 12.5. The molecule has 114 valence electrons. The molecule has 0 aliphatic heterocycles.